The molecule has 9 heteroatoms. The zero-order valence-corrected chi connectivity index (χ0v) is 17.1. The van der Waals surface area contributed by atoms with Crippen molar-refractivity contribution in [3.8, 4) is 17.1 Å². The van der Waals surface area contributed by atoms with Crippen molar-refractivity contribution in [2.45, 2.75) is 37.1 Å². The minimum absolute atomic E-state index is 0.164. The van der Waals surface area contributed by atoms with Crippen LogP contribution in [0.15, 0.2) is 58.2 Å². The first-order chi connectivity index (χ1) is 14.7. The molecule has 4 rings (SSSR count). The van der Waals surface area contributed by atoms with Crippen LogP contribution in [0.25, 0.3) is 17.1 Å². The fourth-order valence-electron chi connectivity index (χ4n) is 2.93. The molecule has 2 aromatic heterocycles. The van der Waals surface area contributed by atoms with E-state index >= 15 is 0 Å². The lowest BCUT2D eigenvalue weighted by Gasteiger charge is -2.11. The maximum absolute atomic E-state index is 14.6. The second-order valence-corrected chi connectivity index (χ2v) is 7.54. The summed E-state index contributed by atoms with van der Waals surface area (Å²) >= 11 is 1.29. The molecule has 0 atom stereocenters. The summed E-state index contributed by atoms with van der Waals surface area (Å²) in [5, 5.41) is 12.9. The van der Waals surface area contributed by atoms with E-state index in [0.29, 0.717) is 28.4 Å². The highest BCUT2D eigenvalue weighted by molar-refractivity contribution is 7.98. The molecule has 0 aliphatic rings. The van der Waals surface area contributed by atoms with Gasteiger partial charge in [-0.05, 0) is 18.6 Å². The highest BCUT2D eigenvalue weighted by atomic mass is 32.2. The molecule has 2 heterocycles. The van der Waals surface area contributed by atoms with Crippen LogP contribution >= 0.6 is 11.8 Å². The lowest BCUT2D eigenvalue weighted by molar-refractivity contribution is 0.384. The van der Waals surface area contributed by atoms with E-state index in [0.717, 1.165) is 30.9 Å². The molecule has 4 aromatic rings. The Morgan fingerprint density at radius 2 is 1.90 bits per heavy atom. The van der Waals surface area contributed by atoms with Crippen molar-refractivity contribution in [3.05, 3.63) is 71.9 Å². The third-order valence-electron chi connectivity index (χ3n) is 4.40. The number of halogens is 2. The Labute approximate surface area is 176 Å². The van der Waals surface area contributed by atoms with Crippen LogP contribution in [-0.4, -0.2) is 24.9 Å². The summed E-state index contributed by atoms with van der Waals surface area (Å²) in [6.07, 6.45) is 2.80. The van der Waals surface area contributed by atoms with Gasteiger partial charge in [0.1, 0.15) is 11.6 Å². The Morgan fingerprint density at radius 1 is 1.07 bits per heavy atom. The molecule has 0 bridgehead atoms. The molecule has 2 aromatic carbocycles. The molecule has 0 amide bonds. The topological polar surface area (TPSA) is 69.6 Å². The molecule has 0 aliphatic carbocycles. The number of aryl methyl sites for hydroxylation is 1. The highest BCUT2D eigenvalue weighted by Gasteiger charge is 2.20. The molecule has 6 nitrogen and oxygen atoms in total. The first-order valence-corrected chi connectivity index (χ1v) is 10.5. The number of benzene rings is 2. The Bertz CT molecular complexity index is 1130. The van der Waals surface area contributed by atoms with Crippen LogP contribution in [0.5, 0.6) is 0 Å². The Kier molecular flexibility index (Phi) is 6.18. The van der Waals surface area contributed by atoms with Gasteiger partial charge < -0.3 is 4.52 Å². The van der Waals surface area contributed by atoms with Gasteiger partial charge in [0.05, 0.1) is 11.4 Å². The first kappa shape index (κ1) is 20.2. The third-order valence-corrected chi connectivity index (χ3v) is 5.32. The Hall–Kier alpha value is -3.07. The van der Waals surface area contributed by atoms with Gasteiger partial charge in [-0.15, -0.1) is 10.2 Å². The van der Waals surface area contributed by atoms with Crippen LogP contribution in [-0.2, 0) is 12.2 Å². The van der Waals surface area contributed by atoms with Gasteiger partial charge in [-0.2, -0.15) is 4.98 Å². The van der Waals surface area contributed by atoms with Gasteiger partial charge in [0.25, 0.3) is 0 Å². The molecular formula is C21H19F2N5OS. The van der Waals surface area contributed by atoms with Gasteiger partial charge in [-0.3, -0.25) is 4.57 Å². The summed E-state index contributed by atoms with van der Waals surface area (Å²) < 4.78 is 34.9. The standard InChI is InChI=1S/C21H19F2N5OS/c1-2-3-9-18-24-19(29-27-18)13-30-21-26-25-20(14-7-5-4-6-8-14)28(21)17-11-10-15(22)12-16(17)23/h4-8,10-12H,2-3,9,13H2,1H3. The van der Waals surface area contributed by atoms with E-state index < -0.39 is 11.6 Å². The number of nitrogens with zero attached hydrogens (tertiary/aromatic N) is 5. The number of hydrogen-bond donors (Lipinski definition) is 0. The normalized spacial score (nSPS) is 11.2. The van der Waals surface area contributed by atoms with Crippen molar-refractivity contribution < 1.29 is 13.3 Å². The van der Waals surface area contributed by atoms with E-state index in [2.05, 4.69) is 27.3 Å². The molecule has 0 radical (unpaired) electrons. The van der Waals surface area contributed by atoms with Gasteiger partial charge in [-0.25, -0.2) is 8.78 Å². The molecular weight excluding hydrogens is 408 g/mol. The summed E-state index contributed by atoms with van der Waals surface area (Å²) in [6, 6.07) is 12.7. The predicted octanol–water partition coefficient (Wildman–Crippen LogP) is 5.23. The highest BCUT2D eigenvalue weighted by Crippen LogP contribution is 2.30. The van der Waals surface area contributed by atoms with E-state index in [1.54, 1.807) is 4.57 Å². The molecule has 0 saturated heterocycles. The number of rotatable bonds is 8. The maximum Gasteiger partial charge on any atom is 0.237 e. The van der Waals surface area contributed by atoms with E-state index in [-0.39, 0.29) is 5.69 Å². The van der Waals surface area contributed by atoms with Crippen LogP contribution in [0.3, 0.4) is 0 Å². The SMILES string of the molecule is CCCCc1noc(CSc2nnc(-c3ccccc3)n2-c2ccc(F)cc2F)n1. The molecule has 154 valence electrons. The van der Waals surface area contributed by atoms with Gasteiger partial charge >= 0.3 is 0 Å². The Morgan fingerprint density at radius 3 is 2.67 bits per heavy atom. The molecule has 30 heavy (non-hydrogen) atoms. The summed E-state index contributed by atoms with van der Waals surface area (Å²) in [5.41, 5.74) is 0.928. The quantitative estimate of drug-likeness (QED) is 0.359. The molecule has 0 unspecified atom stereocenters. The average molecular weight is 427 g/mol. The zero-order valence-electron chi connectivity index (χ0n) is 16.3. The van der Waals surface area contributed by atoms with Gasteiger partial charge in [0.2, 0.25) is 5.89 Å². The van der Waals surface area contributed by atoms with Crippen LogP contribution in [0.1, 0.15) is 31.5 Å². The first-order valence-electron chi connectivity index (χ1n) is 9.56. The average Bonchev–Trinajstić information content (AvgIpc) is 3.38. The van der Waals surface area contributed by atoms with Crippen LogP contribution < -0.4 is 0 Å². The van der Waals surface area contributed by atoms with Crippen LogP contribution in [0, 0.1) is 11.6 Å². The van der Waals surface area contributed by atoms with Gasteiger partial charge in [0, 0.05) is 18.1 Å². The van der Waals surface area contributed by atoms with Crippen molar-refractivity contribution in [2.75, 3.05) is 0 Å². The number of hydrogen-bond acceptors (Lipinski definition) is 6. The second-order valence-electron chi connectivity index (χ2n) is 6.60. The summed E-state index contributed by atoms with van der Waals surface area (Å²) in [7, 11) is 0. The third kappa shape index (κ3) is 4.40. The fraction of sp³-hybridized carbons (Fsp3) is 0.238. The van der Waals surface area contributed by atoms with Crippen molar-refractivity contribution in [1.82, 2.24) is 24.9 Å². The van der Waals surface area contributed by atoms with Crippen LogP contribution in [0.2, 0.25) is 0 Å². The van der Waals surface area contributed by atoms with E-state index in [4.69, 9.17) is 4.52 Å². The van der Waals surface area contributed by atoms with Gasteiger partial charge in [-0.1, -0.05) is 60.6 Å². The summed E-state index contributed by atoms with van der Waals surface area (Å²) in [5.74, 6) is 0.593. The lowest BCUT2D eigenvalue weighted by atomic mass is 10.2. The number of thioether (sulfide) groups is 1. The van der Waals surface area contributed by atoms with Crippen LogP contribution in [0.4, 0.5) is 8.78 Å². The zero-order chi connectivity index (χ0) is 20.9. The minimum atomic E-state index is -0.700. The van der Waals surface area contributed by atoms with Crippen molar-refractivity contribution in [1.29, 1.82) is 0 Å². The molecule has 0 spiro atoms. The van der Waals surface area contributed by atoms with Crippen molar-refractivity contribution in [3.63, 3.8) is 0 Å². The van der Waals surface area contributed by atoms with E-state index in [1.165, 1.54) is 23.9 Å². The fourth-order valence-corrected chi connectivity index (χ4v) is 3.71. The van der Waals surface area contributed by atoms with Crippen molar-refractivity contribution >= 4 is 11.8 Å². The Balaban J connectivity index is 1.66. The largest absolute Gasteiger partial charge is 0.338 e. The molecule has 0 aliphatic heterocycles. The van der Waals surface area contributed by atoms with E-state index in [1.807, 2.05) is 30.3 Å². The second kappa shape index (κ2) is 9.17. The number of unbranched alkanes of at least 4 members (excludes halogenated alkanes) is 1. The van der Waals surface area contributed by atoms with Gasteiger partial charge in [0.15, 0.2) is 16.8 Å². The predicted molar refractivity (Wildman–Crippen MR) is 109 cm³/mol. The lowest BCUT2D eigenvalue weighted by Crippen LogP contribution is -2.03. The summed E-state index contributed by atoms with van der Waals surface area (Å²) in [6.45, 7) is 2.10. The molecule has 0 fully saturated rings. The molecule has 0 N–H and O–H groups in total. The molecule has 0 saturated carbocycles. The monoisotopic (exact) mass is 427 g/mol. The minimum Gasteiger partial charge on any atom is -0.338 e. The summed E-state index contributed by atoms with van der Waals surface area (Å²) in [4.78, 5) is 4.38. The smallest absolute Gasteiger partial charge is 0.237 e. The van der Waals surface area contributed by atoms with Crippen molar-refractivity contribution in [2.24, 2.45) is 0 Å². The van der Waals surface area contributed by atoms with E-state index in [9.17, 15) is 8.78 Å². The number of aromatic nitrogens is 5. The maximum atomic E-state index is 14.6.